The van der Waals surface area contributed by atoms with Gasteiger partial charge in [-0.1, -0.05) is 42.5 Å². The van der Waals surface area contributed by atoms with Gasteiger partial charge >= 0.3 is 0 Å². The molecular formula is C33H32N2O6. The lowest BCUT2D eigenvalue weighted by atomic mass is 10.0. The fourth-order valence-corrected chi connectivity index (χ4v) is 4.97. The molecule has 0 fully saturated rings. The first kappa shape index (κ1) is 27.7. The SMILES string of the molecule is COc1ccc2nc(-c3cc(OC)c(OC)c(OC)c3)cc(C(=O)NC(CO)Cc3ccc4ccccc4c3)c2c1. The zero-order valence-corrected chi connectivity index (χ0v) is 23.4. The number of nitrogens with zero attached hydrogens (tertiary/aromatic N) is 1. The molecule has 0 aliphatic carbocycles. The number of aliphatic hydroxyl groups excluding tert-OH is 1. The lowest BCUT2D eigenvalue weighted by Crippen LogP contribution is -2.39. The van der Waals surface area contributed by atoms with Crippen molar-refractivity contribution < 1.29 is 28.8 Å². The Morgan fingerprint density at radius 2 is 1.56 bits per heavy atom. The van der Waals surface area contributed by atoms with Crippen molar-refractivity contribution in [1.29, 1.82) is 0 Å². The highest BCUT2D eigenvalue weighted by Crippen LogP contribution is 2.41. The van der Waals surface area contributed by atoms with E-state index in [4.69, 9.17) is 23.9 Å². The first-order chi connectivity index (χ1) is 20.0. The van der Waals surface area contributed by atoms with E-state index in [0.29, 0.717) is 57.1 Å². The van der Waals surface area contributed by atoms with E-state index in [0.717, 1.165) is 16.3 Å². The van der Waals surface area contributed by atoms with Crippen LogP contribution in [0.3, 0.4) is 0 Å². The van der Waals surface area contributed by atoms with Crippen molar-refractivity contribution in [3.8, 4) is 34.3 Å². The summed E-state index contributed by atoms with van der Waals surface area (Å²) in [6, 6.07) is 24.4. The zero-order chi connectivity index (χ0) is 28.9. The summed E-state index contributed by atoms with van der Waals surface area (Å²) in [5.41, 5.74) is 3.25. The molecule has 1 unspecified atom stereocenters. The number of nitrogens with one attached hydrogen (secondary N) is 1. The maximum absolute atomic E-state index is 13.8. The molecule has 8 heteroatoms. The largest absolute Gasteiger partial charge is 0.497 e. The molecule has 0 saturated carbocycles. The van der Waals surface area contributed by atoms with Crippen molar-refractivity contribution in [2.45, 2.75) is 12.5 Å². The van der Waals surface area contributed by atoms with Crippen LogP contribution in [0.5, 0.6) is 23.0 Å². The maximum Gasteiger partial charge on any atom is 0.252 e. The van der Waals surface area contributed by atoms with Crippen LogP contribution < -0.4 is 24.3 Å². The van der Waals surface area contributed by atoms with Gasteiger partial charge in [-0.2, -0.15) is 0 Å². The summed E-state index contributed by atoms with van der Waals surface area (Å²) in [4.78, 5) is 18.6. The minimum absolute atomic E-state index is 0.218. The minimum Gasteiger partial charge on any atom is -0.497 e. The molecule has 2 N–H and O–H groups in total. The van der Waals surface area contributed by atoms with Crippen LogP contribution in [0.25, 0.3) is 32.9 Å². The molecule has 5 aromatic rings. The van der Waals surface area contributed by atoms with Gasteiger partial charge in [-0.05, 0) is 59.2 Å². The van der Waals surface area contributed by atoms with E-state index in [1.54, 1.807) is 58.8 Å². The fourth-order valence-electron chi connectivity index (χ4n) is 4.97. The summed E-state index contributed by atoms with van der Waals surface area (Å²) in [5.74, 6) is 1.67. The summed E-state index contributed by atoms with van der Waals surface area (Å²) in [5, 5.41) is 16.1. The van der Waals surface area contributed by atoms with Crippen LogP contribution in [0.1, 0.15) is 15.9 Å². The summed E-state index contributed by atoms with van der Waals surface area (Å²) < 4.78 is 22.0. The zero-order valence-electron chi connectivity index (χ0n) is 23.4. The van der Waals surface area contributed by atoms with Crippen molar-refractivity contribution in [3.05, 3.63) is 90.0 Å². The normalized spacial score (nSPS) is 11.7. The Labute approximate surface area is 238 Å². The maximum atomic E-state index is 13.8. The Kier molecular flexibility index (Phi) is 8.21. The van der Waals surface area contributed by atoms with E-state index in [-0.39, 0.29) is 12.5 Å². The predicted octanol–water partition coefficient (Wildman–Crippen LogP) is 5.42. The van der Waals surface area contributed by atoms with Crippen LogP contribution >= 0.6 is 0 Å². The Morgan fingerprint density at radius 3 is 2.22 bits per heavy atom. The Bertz CT molecular complexity index is 1690. The third-order valence-corrected chi connectivity index (χ3v) is 7.07. The van der Waals surface area contributed by atoms with Crippen molar-refractivity contribution in [1.82, 2.24) is 10.3 Å². The smallest absolute Gasteiger partial charge is 0.252 e. The molecule has 1 aromatic heterocycles. The number of rotatable bonds is 10. The van der Waals surface area contributed by atoms with Crippen LogP contribution in [-0.4, -0.2) is 57.1 Å². The quantitative estimate of drug-likeness (QED) is 0.239. The van der Waals surface area contributed by atoms with E-state index < -0.39 is 6.04 Å². The van der Waals surface area contributed by atoms with Gasteiger partial charge in [0.15, 0.2) is 11.5 Å². The molecule has 41 heavy (non-hydrogen) atoms. The van der Waals surface area contributed by atoms with Crippen molar-refractivity contribution >= 4 is 27.6 Å². The number of hydrogen-bond donors (Lipinski definition) is 2. The van der Waals surface area contributed by atoms with Gasteiger partial charge in [-0.25, -0.2) is 4.98 Å². The molecule has 1 atom stereocenters. The first-order valence-electron chi connectivity index (χ1n) is 13.2. The highest BCUT2D eigenvalue weighted by Gasteiger charge is 2.21. The van der Waals surface area contributed by atoms with Gasteiger partial charge in [0.1, 0.15) is 5.75 Å². The van der Waals surface area contributed by atoms with Gasteiger partial charge in [0.05, 0.1) is 57.9 Å². The van der Waals surface area contributed by atoms with Crippen molar-refractivity contribution in [2.75, 3.05) is 35.0 Å². The molecule has 4 aromatic carbocycles. The molecule has 0 radical (unpaired) electrons. The molecular weight excluding hydrogens is 520 g/mol. The summed E-state index contributed by atoms with van der Waals surface area (Å²) in [6.45, 7) is -0.218. The third-order valence-electron chi connectivity index (χ3n) is 7.07. The molecule has 0 aliphatic rings. The molecule has 210 valence electrons. The summed E-state index contributed by atoms with van der Waals surface area (Å²) >= 11 is 0. The number of pyridine rings is 1. The van der Waals surface area contributed by atoms with Gasteiger partial charge in [-0.15, -0.1) is 0 Å². The number of benzene rings is 4. The highest BCUT2D eigenvalue weighted by atomic mass is 16.5. The molecule has 8 nitrogen and oxygen atoms in total. The number of aromatic nitrogens is 1. The second-order valence-electron chi connectivity index (χ2n) is 9.59. The van der Waals surface area contributed by atoms with Crippen molar-refractivity contribution in [2.24, 2.45) is 0 Å². The Morgan fingerprint density at radius 1 is 0.829 bits per heavy atom. The van der Waals surface area contributed by atoms with Gasteiger partial charge in [-0.3, -0.25) is 4.79 Å². The molecule has 5 rings (SSSR count). The van der Waals surface area contributed by atoms with E-state index in [9.17, 15) is 9.90 Å². The van der Waals surface area contributed by atoms with E-state index in [2.05, 4.69) is 17.4 Å². The Balaban J connectivity index is 1.53. The standard InChI is InChI=1S/C33H32N2O6/c1-38-25-11-12-28-26(17-25)27(18-29(35-28)23-15-30(39-2)32(41-4)31(16-23)40-3)33(37)34-24(19-36)14-20-9-10-21-7-5-6-8-22(21)13-20/h5-13,15-18,24,36H,14,19H2,1-4H3,(H,34,37). The van der Waals surface area contributed by atoms with Crippen LogP contribution in [0, 0.1) is 0 Å². The first-order valence-corrected chi connectivity index (χ1v) is 13.2. The average Bonchev–Trinajstić information content (AvgIpc) is 3.02. The van der Waals surface area contributed by atoms with Crippen LogP contribution in [0.2, 0.25) is 0 Å². The predicted molar refractivity (Wildman–Crippen MR) is 159 cm³/mol. The second kappa shape index (κ2) is 12.1. The van der Waals surface area contributed by atoms with Crippen molar-refractivity contribution in [3.63, 3.8) is 0 Å². The van der Waals surface area contributed by atoms with Gasteiger partial charge in [0, 0.05) is 10.9 Å². The topological polar surface area (TPSA) is 99.1 Å². The molecule has 0 saturated heterocycles. The second-order valence-corrected chi connectivity index (χ2v) is 9.59. The highest BCUT2D eigenvalue weighted by molar-refractivity contribution is 6.07. The number of fused-ring (bicyclic) bond motifs is 2. The lowest BCUT2D eigenvalue weighted by Gasteiger charge is -2.19. The molecule has 1 heterocycles. The number of ether oxygens (including phenoxy) is 4. The molecule has 1 amide bonds. The van der Waals surface area contributed by atoms with E-state index in [1.165, 1.54) is 0 Å². The number of carbonyl (C=O) groups excluding carboxylic acids is 1. The molecule has 0 spiro atoms. The number of methoxy groups -OCH3 is 4. The lowest BCUT2D eigenvalue weighted by molar-refractivity contribution is 0.0918. The molecule has 0 aliphatic heterocycles. The number of hydrogen-bond acceptors (Lipinski definition) is 7. The van der Waals surface area contributed by atoms with Crippen LogP contribution in [0.4, 0.5) is 0 Å². The molecule has 0 bridgehead atoms. The summed E-state index contributed by atoms with van der Waals surface area (Å²) in [6.07, 6.45) is 0.471. The fraction of sp³-hybridized carbons (Fsp3) is 0.212. The van der Waals surface area contributed by atoms with Crippen LogP contribution in [-0.2, 0) is 6.42 Å². The van der Waals surface area contributed by atoms with Gasteiger partial charge in [0.25, 0.3) is 5.91 Å². The monoisotopic (exact) mass is 552 g/mol. The third kappa shape index (κ3) is 5.73. The minimum atomic E-state index is -0.498. The van der Waals surface area contributed by atoms with Gasteiger partial charge in [0.2, 0.25) is 5.75 Å². The van der Waals surface area contributed by atoms with E-state index >= 15 is 0 Å². The van der Waals surface area contributed by atoms with E-state index in [1.807, 2.05) is 36.4 Å². The summed E-state index contributed by atoms with van der Waals surface area (Å²) in [7, 11) is 6.21. The Hall–Kier alpha value is -4.82. The number of aliphatic hydroxyl groups is 1. The number of amides is 1. The average molecular weight is 553 g/mol. The van der Waals surface area contributed by atoms with Crippen LogP contribution in [0.15, 0.2) is 78.9 Å². The number of carbonyl (C=O) groups is 1. The van der Waals surface area contributed by atoms with Gasteiger partial charge < -0.3 is 29.4 Å².